The van der Waals surface area contributed by atoms with E-state index in [2.05, 4.69) is 0 Å². The first-order valence-corrected chi connectivity index (χ1v) is 4.77. The average molecular weight is 194 g/mol. The Labute approximate surface area is 83.6 Å². The normalized spacial score (nSPS) is 19.1. The van der Waals surface area contributed by atoms with Crippen LogP contribution in [0, 0.1) is 0 Å². The van der Waals surface area contributed by atoms with Gasteiger partial charge in [0.2, 0.25) is 0 Å². The molecule has 0 unspecified atom stereocenters. The van der Waals surface area contributed by atoms with Crippen molar-refractivity contribution < 1.29 is 14.2 Å². The monoisotopic (exact) mass is 194 g/mol. The Morgan fingerprint density at radius 3 is 2.71 bits per heavy atom. The van der Waals surface area contributed by atoms with Crippen LogP contribution in [0.15, 0.2) is 24.3 Å². The number of ether oxygens (including phenoxy) is 3. The van der Waals surface area contributed by atoms with Gasteiger partial charge in [0.25, 0.3) is 0 Å². The first-order chi connectivity index (χ1) is 6.90. The van der Waals surface area contributed by atoms with Crippen molar-refractivity contribution in [2.75, 3.05) is 20.3 Å². The summed E-state index contributed by atoms with van der Waals surface area (Å²) in [7, 11) is 1.65. The molecule has 14 heavy (non-hydrogen) atoms. The van der Waals surface area contributed by atoms with Crippen LogP contribution < -0.4 is 9.47 Å². The molecule has 1 aromatic rings. The molecule has 3 heteroatoms. The van der Waals surface area contributed by atoms with Gasteiger partial charge >= 0.3 is 0 Å². The molecule has 0 N–H and O–H groups in total. The van der Waals surface area contributed by atoms with Gasteiger partial charge < -0.3 is 14.2 Å². The van der Waals surface area contributed by atoms with E-state index in [9.17, 15) is 0 Å². The third kappa shape index (κ3) is 2.39. The second kappa shape index (κ2) is 4.33. The molecule has 0 radical (unpaired) electrons. The lowest BCUT2D eigenvalue weighted by atomic mass is 10.3. The molecule has 1 heterocycles. The fourth-order valence-corrected chi connectivity index (χ4v) is 1.27. The Bertz CT molecular complexity index is 294. The summed E-state index contributed by atoms with van der Waals surface area (Å²) >= 11 is 0. The van der Waals surface area contributed by atoms with Crippen molar-refractivity contribution >= 4 is 0 Å². The zero-order valence-corrected chi connectivity index (χ0v) is 8.23. The van der Waals surface area contributed by atoms with Crippen molar-refractivity contribution in [2.45, 2.75) is 12.5 Å². The molecule has 0 bridgehead atoms. The first kappa shape index (κ1) is 9.34. The van der Waals surface area contributed by atoms with Gasteiger partial charge in [0.1, 0.15) is 0 Å². The minimum absolute atomic E-state index is 0.421. The molecule has 1 fully saturated rings. The maximum Gasteiger partial charge on any atom is 0.161 e. The molecule has 0 spiro atoms. The van der Waals surface area contributed by atoms with E-state index in [0.717, 1.165) is 24.5 Å². The second-order valence-electron chi connectivity index (χ2n) is 3.24. The molecule has 1 aliphatic rings. The molecule has 0 aromatic heterocycles. The van der Waals surface area contributed by atoms with Crippen molar-refractivity contribution in [1.29, 1.82) is 0 Å². The van der Waals surface area contributed by atoms with Crippen LogP contribution in [0.5, 0.6) is 11.5 Å². The van der Waals surface area contributed by atoms with E-state index in [1.54, 1.807) is 7.11 Å². The number of methoxy groups -OCH3 is 1. The smallest absolute Gasteiger partial charge is 0.161 e. The van der Waals surface area contributed by atoms with Gasteiger partial charge in [-0.3, -0.25) is 0 Å². The van der Waals surface area contributed by atoms with Gasteiger partial charge in [-0.1, -0.05) is 12.1 Å². The maximum atomic E-state index is 5.57. The molecule has 0 aliphatic carbocycles. The van der Waals surface area contributed by atoms with Crippen LogP contribution in [0.1, 0.15) is 6.42 Å². The highest BCUT2D eigenvalue weighted by Crippen LogP contribution is 2.26. The summed E-state index contributed by atoms with van der Waals surface area (Å²) in [6.07, 6.45) is 1.38. The fourth-order valence-electron chi connectivity index (χ4n) is 1.27. The molecule has 2 rings (SSSR count). The largest absolute Gasteiger partial charge is 0.493 e. The maximum absolute atomic E-state index is 5.57. The van der Waals surface area contributed by atoms with E-state index in [1.165, 1.54) is 0 Å². The summed E-state index contributed by atoms with van der Waals surface area (Å²) in [6, 6.07) is 7.66. The summed E-state index contributed by atoms with van der Waals surface area (Å²) in [6.45, 7) is 1.57. The van der Waals surface area contributed by atoms with Crippen molar-refractivity contribution in [3.05, 3.63) is 24.3 Å². The van der Waals surface area contributed by atoms with Crippen LogP contribution in [0.4, 0.5) is 0 Å². The number of hydrogen-bond donors (Lipinski definition) is 0. The van der Waals surface area contributed by atoms with Crippen LogP contribution in [0.2, 0.25) is 0 Å². The summed E-state index contributed by atoms with van der Waals surface area (Å²) in [4.78, 5) is 0. The highest BCUT2D eigenvalue weighted by Gasteiger charge is 2.21. The quantitative estimate of drug-likeness (QED) is 0.670. The van der Waals surface area contributed by atoms with Gasteiger partial charge in [0.15, 0.2) is 11.5 Å². The van der Waals surface area contributed by atoms with Gasteiger partial charge in [-0.25, -0.2) is 0 Å². The van der Waals surface area contributed by atoms with Crippen LogP contribution in [-0.4, -0.2) is 26.4 Å². The van der Waals surface area contributed by atoms with Crippen molar-refractivity contribution in [2.24, 2.45) is 0 Å². The Kier molecular flexibility index (Phi) is 2.89. The van der Waals surface area contributed by atoms with Gasteiger partial charge in [0.05, 0.1) is 26.4 Å². The lowest BCUT2D eigenvalue weighted by molar-refractivity contribution is 0.269. The predicted octanol–water partition coefficient (Wildman–Crippen LogP) is 1.86. The molecular formula is C11H14O3. The lowest BCUT2D eigenvalue weighted by Gasteiger charge is -2.09. The first-order valence-electron chi connectivity index (χ1n) is 4.77. The summed E-state index contributed by atoms with van der Waals surface area (Å²) in [5.74, 6) is 1.58. The van der Waals surface area contributed by atoms with E-state index in [1.807, 2.05) is 24.3 Å². The highest BCUT2D eigenvalue weighted by molar-refractivity contribution is 5.39. The highest BCUT2D eigenvalue weighted by atomic mass is 16.6. The predicted molar refractivity (Wildman–Crippen MR) is 52.8 cm³/mol. The van der Waals surface area contributed by atoms with Crippen LogP contribution in [0.25, 0.3) is 0 Å². The van der Waals surface area contributed by atoms with Gasteiger partial charge in [-0.2, -0.15) is 0 Å². The Morgan fingerprint density at radius 1 is 1.36 bits per heavy atom. The summed E-state index contributed by atoms with van der Waals surface area (Å²) in [5.41, 5.74) is 0. The average Bonchev–Trinajstić information content (AvgIpc) is 3.03. The lowest BCUT2D eigenvalue weighted by Crippen LogP contribution is -2.02. The van der Waals surface area contributed by atoms with Gasteiger partial charge in [-0.05, 0) is 12.1 Å². The topological polar surface area (TPSA) is 31.0 Å². The standard InChI is InChI=1S/C11H14O3/c1-12-10-4-2-3-5-11(10)13-7-6-9-8-14-9/h2-5,9H,6-8H2,1H3/t9-/m0/s1. The van der Waals surface area contributed by atoms with E-state index >= 15 is 0 Å². The second-order valence-corrected chi connectivity index (χ2v) is 3.24. The molecule has 1 aliphatic heterocycles. The number of epoxide rings is 1. The minimum atomic E-state index is 0.421. The van der Waals surface area contributed by atoms with Crippen LogP contribution in [0.3, 0.4) is 0 Å². The summed E-state index contributed by atoms with van der Waals surface area (Å²) in [5, 5.41) is 0. The Hall–Kier alpha value is -1.22. The van der Waals surface area contributed by atoms with E-state index in [4.69, 9.17) is 14.2 Å². The Morgan fingerprint density at radius 2 is 2.07 bits per heavy atom. The molecule has 1 aromatic carbocycles. The van der Waals surface area contributed by atoms with Crippen LogP contribution in [-0.2, 0) is 4.74 Å². The fraction of sp³-hybridized carbons (Fsp3) is 0.455. The van der Waals surface area contributed by atoms with E-state index in [0.29, 0.717) is 12.7 Å². The molecule has 1 atom stereocenters. The van der Waals surface area contributed by atoms with E-state index < -0.39 is 0 Å². The zero-order valence-electron chi connectivity index (χ0n) is 8.23. The van der Waals surface area contributed by atoms with Crippen LogP contribution >= 0.6 is 0 Å². The zero-order chi connectivity index (χ0) is 9.80. The molecule has 76 valence electrons. The Balaban J connectivity index is 1.86. The number of benzene rings is 1. The molecule has 1 saturated heterocycles. The molecular weight excluding hydrogens is 180 g/mol. The minimum Gasteiger partial charge on any atom is -0.493 e. The number of para-hydroxylation sites is 2. The third-order valence-corrected chi connectivity index (χ3v) is 2.17. The van der Waals surface area contributed by atoms with Gasteiger partial charge in [0, 0.05) is 6.42 Å². The third-order valence-electron chi connectivity index (χ3n) is 2.17. The number of rotatable bonds is 5. The number of hydrogen-bond acceptors (Lipinski definition) is 3. The van der Waals surface area contributed by atoms with E-state index in [-0.39, 0.29) is 0 Å². The van der Waals surface area contributed by atoms with Crippen molar-refractivity contribution in [3.63, 3.8) is 0 Å². The molecule has 0 amide bonds. The van der Waals surface area contributed by atoms with Gasteiger partial charge in [-0.15, -0.1) is 0 Å². The van der Waals surface area contributed by atoms with Crippen molar-refractivity contribution in [3.8, 4) is 11.5 Å². The molecule has 0 saturated carbocycles. The van der Waals surface area contributed by atoms with Crippen molar-refractivity contribution in [1.82, 2.24) is 0 Å². The molecule has 3 nitrogen and oxygen atoms in total. The summed E-state index contributed by atoms with van der Waals surface area (Å²) < 4.78 is 15.8. The SMILES string of the molecule is COc1ccccc1OCC[C@H]1CO1.